The highest BCUT2D eigenvalue weighted by molar-refractivity contribution is 6.11. The Morgan fingerprint density at radius 2 is 1.93 bits per heavy atom. The maximum atomic E-state index is 13.1. The fourth-order valence-electron chi connectivity index (χ4n) is 3.95. The lowest BCUT2D eigenvalue weighted by Gasteiger charge is -2.48. The van der Waals surface area contributed by atoms with Gasteiger partial charge in [0.15, 0.2) is 0 Å². The van der Waals surface area contributed by atoms with Crippen molar-refractivity contribution >= 4 is 23.4 Å². The van der Waals surface area contributed by atoms with Crippen LogP contribution in [0.1, 0.15) is 43.5 Å². The summed E-state index contributed by atoms with van der Waals surface area (Å²) in [5.74, 6) is -1.42. The van der Waals surface area contributed by atoms with Gasteiger partial charge in [0.25, 0.3) is 5.91 Å². The third-order valence-corrected chi connectivity index (χ3v) is 5.26. The predicted molar refractivity (Wildman–Crippen MR) is 95.5 cm³/mol. The quantitative estimate of drug-likeness (QED) is 0.768. The summed E-state index contributed by atoms with van der Waals surface area (Å²) in [6.07, 6.45) is -3.65. The van der Waals surface area contributed by atoms with Crippen LogP contribution < -0.4 is 4.90 Å². The zero-order chi connectivity index (χ0) is 20.7. The summed E-state index contributed by atoms with van der Waals surface area (Å²) >= 11 is 0. The van der Waals surface area contributed by atoms with Crippen LogP contribution in [0.25, 0.3) is 0 Å². The van der Waals surface area contributed by atoms with Crippen LogP contribution in [0.15, 0.2) is 24.3 Å². The standard InChI is InChI=1S/C19H22F3N3O3/c1-3-10-23(12-19(20,21)22)16(27)11-24-17(28)13-6-4-5-7-14(13)25-15(26)8-9-18(24,25)2/h4-7H,3,8-12H2,1-2H3/t18-/m0/s1. The summed E-state index contributed by atoms with van der Waals surface area (Å²) in [4.78, 5) is 41.7. The van der Waals surface area contributed by atoms with Gasteiger partial charge >= 0.3 is 6.18 Å². The molecule has 1 aromatic carbocycles. The van der Waals surface area contributed by atoms with Crippen LogP contribution >= 0.6 is 0 Å². The van der Waals surface area contributed by atoms with E-state index in [4.69, 9.17) is 0 Å². The Morgan fingerprint density at radius 1 is 1.25 bits per heavy atom. The topological polar surface area (TPSA) is 60.9 Å². The van der Waals surface area contributed by atoms with Crippen LogP contribution in [0.4, 0.5) is 18.9 Å². The second-order valence-electron chi connectivity index (χ2n) is 7.29. The highest BCUT2D eigenvalue weighted by Gasteiger charge is 2.53. The smallest absolute Gasteiger partial charge is 0.332 e. The molecule has 0 aliphatic carbocycles. The molecule has 0 unspecified atom stereocenters. The largest absolute Gasteiger partial charge is 0.406 e. The van der Waals surface area contributed by atoms with Crippen molar-refractivity contribution in [2.24, 2.45) is 0 Å². The van der Waals surface area contributed by atoms with E-state index >= 15 is 0 Å². The number of carbonyl (C=O) groups is 3. The molecule has 2 heterocycles. The van der Waals surface area contributed by atoms with Gasteiger partial charge in [0.05, 0.1) is 11.3 Å². The number of amides is 3. The van der Waals surface area contributed by atoms with Gasteiger partial charge in [0, 0.05) is 13.0 Å². The van der Waals surface area contributed by atoms with Crippen LogP contribution in [-0.2, 0) is 9.59 Å². The first-order valence-electron chi connectivity index (χ1n) is 9.17. The molecule has 1 fully saturated rings. The van der Waals surface area contributed by atoms with Crippen LogP contribution in [0, 0.1) is 0 Å². The summed E-state index contributed by atoms with van der Waals surface area (Å²) < 4.78 is 38.6. The minimum Gasteiger partial charge on any atom is -0.332 e. The first-order chi connectivity index (χ1) is 13.1. The number of hydrogen-bond acceptors (Lipinski definition) is 3. The van der Waals surface area contributed by atoms with E-state index in [1.807, 2.05) is 0 Å². The lowest BCUT2D eigenvalue weighted by molar-refractivity contribution is -0.162. The van der Waals surface area contributed by atoms with Gasteiger partial charge in [-0.2, -0.15) is 13.2 Å². The first kappa shape index (κ1) is 20.2. The monoisotopic (exact) mass is 397 g/mol. The van der Waals surface area contributed by atoms with Gasteiger partial charge in [0.2, 0.25) is 11.8 Å². The van der Waals surface area contributed by atoms with Crippen LogP contribution in [0.5, 0.6) is 0 Å². The average molecular weight is 397 g/mol. The van der Waals surface area contributed by atoms with E-state index in [9.17, 15) is 27.6 Å². The molecule has 2 aliphatic heterocycles. The Morgan fingerprint density at radius 3 is 2.57 bits per heavy atom. The van der Waals surface area contributed by atoms with Crippen molar-refractivity contribution in [2.45, 2.75) is 44.9 Å². The van der Waals surface area contributed by atoms with Crippen molar-refractivity contribution in [2.75, 3.05) is 24.5 Å². The van der Waals surface area contributed by atoms with Gasteiger partial charge in [-0.25, -0.2) is 0 Å². The Bertz CT molecular complexity index is 811. The van der Waals surface area contributed by atoms with E-state index in [1.165, 1.54) is 9.80 Å². The highest BCUT2D eigenvalue weighted by atomic mass is 19.4. The van der Waals surface area contributed by atoms with Crippen molar-refractivity contribution < 1.29 is 27.6 Å². The molecule has 9 heteroatoms. The Kier molecular flexibility index (Phi) is 5.12. The lowest BCUT2D eigenvalue weighted by atomic mass is 9.98. The van der Waals surface area contributed by atoms with E-state index < -0.39 is 36.7 Å². The molecule has 3 amide bonds. The maximum absolute atomic E-state index is 13.1. The fourth-order valence-corrected chi connectivity index (χ4v) is 3.95. The fraction of sp³-hybridized carbons (Fsp3) is 0.526. The third-order valence-electron chi connectivity index (χ3n) is 5.26. The summed E-state index contributed by atoms with van der Waals surface area (Å²) in [6, 6.07) is 6.58. The summed E-state index contributed by atoms with van der Waals surface area (Å²) in [7, 11) is 0. The normalized spacial score (nSPS) is 21.6. The third kappa shape index (κ3) is 3.45. The number of para-hydroxylation sites is 1. The molecule has 0 saturated carbocycles. The number of carbonyl (C=O) groups excluding carboxylic acids is 3. The molecule has 0 bridgehead atoms. The molecule has 6 nitrogen and oxygen atoms in total. The average Bonchev–Trinajstić information content (AvgIpc) is 2.93. The predicted octanol–water partition coefficient (Wildman–Crippen LogP) is 2.79. The van der Waals surface area contributed by atoms with Gasteiger partial charge in [-0.3, -0.25) is 19.3 Å². The van der Waals surface area contributed by atoms with Gasteiger partial charge in [0.1, 0.15) is 18.8 Å². The molecule has 0 N–H and O–H groups in total. The van der Waals surface area contributed by atoms with Crippen LogP contribution in [0.3, 0.4) is 0 Å². The van der Waals surface area contributed by atoms with E-state index in [0.29, 0.717) is 18.5 Å². The Labute approximate surface area is 160 Å². The minimum absolute atomic E-state index is 0.0592. The van der Waals surface area contributed by atoms with Gasteiger partial charge in [-0.1, -0.05) is 19.1 Å². The number of fused-ring (bicyclic) bond motifs is 3. The van der Waals surface area contributed by atoms with E-state index in [0.717, 1.165) is 4.90 Å². The molecule has 1 aromatic rings. The number of nitrogens with zero attached hydrogens (tertiary/aromatic N) is 3. The molecule has 0 spiro atoms. The Balaban J connectivity index is 1.94. The number of benzene rings is 1. The number of anilines is 1. The minimum atomic E-state index is -4.53. The maximum Gasteiger partial charge on any atom is 0.406 e. The summed E-state index contributed by atoms with van der Waals surface area (Å²) in [5.41, 5.74) is -0.336. The number of hydrogen-bond donors (Lipinski definition) is 0. The molecule has 0 aromatic heterocycles. The molecule has 152 valence electrons. The van der Waals surface area contributed by atoms with E-state index in [-0.39, 0.29) is 24.4 Å². The number of halogens is 3. The number of alkyl halides is 3. The zero-order valence-corrected chi connectivity index (χ0v) is 15.8. The number of rotatable bonds is 5. The van der Waals surface area contributed by atoms with Crippen molar-refractivity contribution in [1.29, 1.82) is 0 Å². The van der Waals surface area contributed by atoms with Crippen LogP contribution in [0.2, 0.25) is 0 Å². The zero-order valence-electron chi connectivity index (χ0n) is 15.8. The first-order valence-corrected chi connectivity index (χ1v) is 9.17. The van der Waals surface area contributed by atoms with E-state index in [1.54, 1.807) is 38.1 Å². The molecular weight excluding hydrogens is 375 g/mol. The molecular formula is C19H22F3N3O3. The second kappa shape index (κ2) is 7.10. The molecule has 1 saturated heterocycles. The van der Waals surface area contributed by atoms with Crippen LogP contribution in [-0.4, -0.2) is 59.0 Å². The molecule has 2 aliphatic rings. The van der Waals surface area contributed by atoms with E-state index in [2.05, 4.69) is 0 Å². The van der Waals surface area contributed by atoms with Gasteiger partial charge in [-0.15, -0.1) is 0 Å². The van der Waals surface area contributed by atoms with Gasteiger partial charge in [-0.05, 0) is 31.9 Å². The van der Waals surface area contributed by atoms with Crippen molar-refractivity contribution in [1.82, 2.24) is 9.80 Å². The SMILES string of the molecule is CCCN(CC(F)(F)F)C(=O)CN1C(=O)c2ccccc2N2C(=O)CC[C@@]12C. The molecule has 1 atom stereocenters. The summed E-state index contributed by atoms with van der Waals surface area (Å²) in [5, 5.41) is 0. The lowest BCUT2D eigenvalue weighted by Crippen LogP contribution is -2.64. The summed E-state index contributed by atoms with van der Waals surface area (Å²) in [6.45, 7) is 1.42. The Hall–Kier alpha value is -2.58. The second-order valence-corrected chi connectivity index (χ2v) is 7.29. The van der Waals surface area contributed by atoms with Crippen molar-refractivity contribution in [3.8, 4) is 0 Å². The highest BCUT2D eigenvalue weighted by Crippen LogP contribution is 2.43. The molecule has 28 heavy (non-hydrogen) atoms. The van der Waals surface area contributed by atoms with Crippen molar-refractivity contribution in [3.63, 3.8) is 0 Å². The molecule has 3 rings (SSSR count). The molecule has 0 radical (unpaired) electrons. The van der Waals surface area contributed by atoms with Gasteiger partial charge < -0.3 is 9.80 Å². The van der Waals surface area contributed by atoms with Crippen molar-refractivity contribution in [3.05, 3.63) is 29.8 Å².